The maximum atomic E-state index is 5.34. The molecule has 0 amide bonds. The standard InChI is InChI=1S/C16H23N3O2/c1-4-10-17-14(13-8-6-5-7-9-13)11-15-18-16(19-21-15)12(2)20-3/h5-9,12,14,17H,4,10-11H2,1-3H3. The van der Waals surface area contributed by atoms with E-state index in [2.05, 4.69) is 34.5 Å². The van der Waals surface area contributed by atoms with Gasteiger partial charge in [0.05, 0.1) is 0 Å². The number of ether oxygens (including phenoxy) is 1. The van der Waals surface area contributed by atoms with Crippen molar-refractivity contribution >= 4 is 0 Å². The number of nitrogens with one attached hydrogen (secondary N) is 1. The van der Waals surface area contributed by atoms with Gasteiger partial charge in [0, 0.05) is 19.6 Å². The molecule has 2 rings (SSSR count). The van der Waals surface area contributed by atoms with Crippen LogP contribution in [0.5, 0.6) is 0 Å². The molecule has 0 radical (unpaired) electrons. The monoisotopic (exact) mass is 289 g/mol. The molecule has 21 heavy (non-hydrogen) atoms. The van der Waals surface area contributed by atoms with E-state index in [0.29, 0.717) is 18.1 Å². The Hall–Kier alpha value is -1.72. The van der Waals surface area contributed by atoms with E-state index < -0.39 is 0 Å². The van der Waals surface area contributed by atoms with Gasteiger partial charge in [0.25, 0.3) is 0 Å². The van der Waals surface area contributed by atoms with Crippen molar-refractivity contribution in [3.63, 3.8) is 0 Å². The molecule has 2 unspecified atom stereocenters. The lowest BCUT2D eigenvalue weighted by atomic mass is 10.0. The van der Waals surface area contributed by atoms with E-state index >= 15 is 0 Å². The van der Waals surface area contributed by atoms with Gasteiger partial charge in [-0.05, 0) is 25.5 Å². The van der Waals surface area contributed by atoms with Crippen molar-refractivity contribution in [3.05, 3.63) is 47.6 Å². The first-order valence-corrected chi connectivity index (χ1v) is 7.38. The average Bonchev–Trinajstić information content (AvgIpc) is 3.00. The summed E-state index contributed by atoms with van der Waals surface area (Å²) in [5.41, 5.74) is 1.23. The van der Waals surface area contributed by atoms with Crippen LogP contribution in [0.2, 0.25) is 0 Å². The second-order valence-corrected chi connectivity index (χ2v) is 5.05. The van der Waals surface area contributed by atoms with Crippen LogP contribution < -0.4 is 5.32 Å². The largest absolute Gasteiger partial charge is 0.374 e. The highest BCUT2D eigenvalue weighted by Gasteiger charge is 2.18. The van der Waals surface area contributed by atoms with Crippen LogP contribution in [0.25, 0.3) is 0 Å². The molecule has 5 heteroatoms. The summed E-state index contributed by atoms with van der Waals surface area (Å²) >= 11 is 0. The molecular formula is C16H23N3O2. The molecule has 0 aliphatic rings. The average molecular weight is 289 g/mol. The van der Waals surface area contributed by atoms with Gasteiger partial charge >= 0.3 is 0 Å². The van der Waals surface area contributed by atoms with E-state index in [4.69, 9.17) is 9.26 Å². The zero-order valence-corrected chi connectivity index (χ0v) is 12.9. The van der Waals surface area contributed by atoms with Crippen molar-refractivity contribution in [2.75, 3.05) is 13.7 Å². The van der Waals surface area contributed by atoms with Crippen molar-refractivity contribution in [3.8, 4) is 0 Å². The predicted octanol–water partition coefficient (Wildman–Crippen LogP) is 3.06. The molecule has 0 saturated carbocycles. The Bertz CT molecular complexity index is 527. The van der Waals surface area contributed by atoms with Crippen molar-refractivity contribution in [1.82, 2.24) is 15.5 Å². The molecule has 1 aromatic heterocycles. The van der Waals surface area contributed by atoms with E-state index in [1.165, 1.54) is 5.56 Å². The summed E-state index contributed by atoms with van der Waals surface area (Å²) in [6, 6.07) is 10.5. The second kappa shape index (κ2) is 7.90. The zero-order valence-electron chi connectivity index (χ0n) is 12.9. The van der Waals surface area contributed by atoms with Gasteiger partial charge in [0.2, 0.25) is 5.89 Å². The third-order valence-corrected chi connectivity index (χ3v) is 3.42. The van der Waals surface area contributed by atoms with Gasteiger partial charge in [-0.3, -0.25) is 0 Å². The van der Waals surface area contributed by atoms with Crippen LogP contribution in [-0.4, -0.2) is 23.8 Å². The Morgan fingerprint density at radius 1 is 1.29 bits per heavy atom. The lowest BCUT2D eigenvalue weighted by molar-refractivity contribution is 0.109. The Labute approximate surface area is 125 Å². The molecule has 1 aromatic carbocycles. The third kappa shape index (κ3) is 4.37. The number of nitrogens with zero attached hydrogens (tertiary/aromatic N) is 2. The fourth-order valence-electron chi connectivity index (χ4n) is 2.11. The number of benzene rings is 1. The van der Waals surface area contributed by atoms with Crippen LogP contribution >= 0.6 is 0 Å². The normalized spacial score (nSPS) is 14.0. The van der Waals surface area contributed by atoms with Crippen LogP contribution in [0.15, 0.2) is 34.9 Å². The maximum absolute atomic E-state index is 5.34. The summed E-state index contributed by atoms with van der Waals surface area (Å²) in [5, 5.41) is 7.50. The first-order chi connectivity index (χ1) is 10.2. The van der Waals surface area contributed by atoms with Gasteiger partial charge in [-0.15, -0.1) is 0 Å². The topological polar surface area (TPSA) is 60.2 Å². The minimum Gasteiger partial charge on any atom is -0.374 e. The minimum atomic E-state index is -0.152. The first-order valence-electron chi connectivity index (χ1n) is 7.38. The lowest BCUT2D eigenvalue weighted by Crippen LogP contribution is -2.24. The van der Waals surface area contributed by atoms with Gasteiger partial charge < -0.3 is 14.6 Å². The van der Waals surface area contributed by atoms with Crippen LogP contribution in [-0.2, 0) is 11.2 Å². The smallest absolute Gasteiger partial charge is 0.228 e. The molecular weight excluding hydrogens is 266 g/mol. The quantitative estimate of drug-likeness (QED) is 0.809. The third-order valence-electron chi connectivity index (χ3n) is 3.42. The van der Waals surface area contributed by atoms with Crippen LogP contribution in [0.1, 0.15) is 49.7 Å². The van der Waals surface area contributed by atoms with Crippen LogP contribution in [0.3, 0.4) is 0 Å². The summed E-state index contributed by atoms with van der Waals surface area (Å²) in [6.45, 7) is 5.01. The van der Waals surface area contributed by atoms with E-state index in [1.54, 1.807) is 7.11 Å². The van der Waals surface area contributed by atoms with E-state index in [9.17, 15) is 0 Å². The molecule has 2 aromatic rings. The molecule has 114 valence electrons. The number of aromatic nitrogens is 2. The number of hydrogen-bond donors (Lipinski definition) is 1. The molecule has 0 spiro atoms. The van der Waals surface area contributed by atoms with Crippen LogP contribution in [0, 0.1) is 0 Å². The van der Waals surface area contributed by atoms with Crippen molar-refractivity contribution in [1.29, 1.82) is 0 Å². The minimum absolute atomic E-state index is 0.152. The molecule has 0 aliphatic heterocycles. The molecule has 0 aliphatic carbocycles. The van der Waals surface area contributed by atoms with E-state index in [1.807, 2.05) is 25.1 Å². The van der Waals surface area contributed by atoms with Crippen LogP contribution in [0.4, 0.5) is 0 Å². The highest BCUT2D eigenvalue weighted by atomic mass is 16.5. The Morgan fingerprint density at radius 3 is 2.71 bits per heavy atom. The molecule has 1 N–H and O–H groups in total. The molecule has 5 nitrogen and oxygen atoms in total. The fourth-order valence-corrected chi connectivity index (χ4v) is 2.11. The fraction of sp³-hybridized carbons (Fsp3) is 0.500. The molecule has 0 bridgehead atoms. The second-order valence-electron chi connectivity index (χ2n) is 5.05. The predicted molar refractivity (Wildman–Crippen MR) is 80.9 cm³/mol. The Balaban J connectivity index is 2.09. The van der Waals surface area contributed by atoms with Crippen molar-refractivity contribution < 1.29 is 9.26 Å². The summed E-state index contributed by atoms with van der Waals surface area (Å²) in [7, 11) is 1.64. The Kier molecular flexibility index (Phi) is 5.90. The van der Waals surface area contributed by atoms with Gasteiger partial charge in [-0.2, -0.15) is 4.98 Å². The lowest BCUT2D eigenvalue weighted by Gasteiger charge is -2.17. The number of hydrogen-bond acceptors (Lipinski definition) is 5. The zero-order chi connectivity index (χ0) is 15.1. The van der Waals surface area contributed by atoms with Gasteiger partial charge in [-0.25, -0.2) is 0 Å². The number of methoxy groups -OCH3 is 1. The summed E-state index contributed by atoms with van der Waals surface area (Å²) in [5.74, 6) is 1.22. The molecule has 2 atom stereocenters. The molecule has 1 heterocycles. The van der Waals surface area contributed by atoms with Gasteiger partial charge in [0.1, 0.15) is 6.10 Å². The van der Waals surface area contributed by atoms with Crippen molar-refractivity contribution in [2.45, 2.75) is 38.8 Å². The van der Waals surface area contributed by atoms with Gasteiger partial charge in [-0.1, -0.05) is 42.4 Å². The first kappa shape index (κ1) is 15.7. The van der Waals surface area contributed by atoms with Gasteiger partial charge in [0.15, 0.2) is 5.82 Å². The highest BCUT2D eigenvalue weighted by Crippen LogP contribution is 2.19. The SMILES string of the molecule is CCCNC(Cc1nc(C(C)OC)no1)c1ccccc1. The number of rotatable bonds is 8. The summed E-state index contributed by atoms with van der Waals surface area (Å²) < 4.78 is 10.5. The van der Waals surface area contributed by atoms with E-state index in [0.717, 1.165) is 13.0 Å². The summed E-state index contributed by atoms with van der Waals surface area (Å²) in [6.07, 6.45) is 1.60. The maximum Gasteiger partial charge on any atom is 0.228 e. The Morgan fingerprint density at radius 2 is 2.05 bits per heavy atom. The molecule has 0 fully saturated rings. The highest BCUT2D eigenvalue weighted by molar-refractivity contribution is 5.19. The molecule has 0 saturated heterocycles. The summed E-state index contributed by atoms with van der Waals surface area (Å²) in [4.78, 5) is 4.41. The van der Waals surface area contributed by atoms with Crippen molar-refractivity contribution in [2.24, 2.45) is 0 Å². The van der Waals surface area contributed by atoms with E-state index in [-0.39, 0.29) is 12.1 Å².